The van der Waals surface area contributed by atoms with Gasteiger partial charge >= 0.3 is 0 Å². The van der Waals surface area contributed by atoms with Crippen molar-refractivity contribution in [2.45, 2.75) is 52.9 Å². The van der Waals surface area contributed by atoms with E-state index in [4.69, 9.17) is 4.43 Å². The molecule has 98 valence electrons. The monoisotopic (exact) mass is 260 g/mol. The van der Waals surface area contributed by atoms with E-state index in [2.05, 4.69) is 63.5 Å². The van der Waals surface area contributed by atoms with Gasteiger partial charge in [0.15, 0.2) is 8.32 Å². The minimum Gasteiger partial charge on any atom is -0.402 e. The molecule has 0 amide bonds. The number of hydrogen-bond acceptors (Lipinski definition) is 1. The van der Waals surface area contributed by atoms with E-state index in [9.17, 15) is 0 Å². The lowest BCUT2D eigenvalue weighted by molar-refractivity contribution is 0.164. The molecule has 0 spiro atoms. The summed E-state index contributed by atoms with van der Waals surface area (Å²) in [4.78, 5) is 0. The van der Waals surface area contributed by atoms with Crippen molar-refractivity contribution in [2.75, 3.05) is 0 Å². The van der Waals surface area contributed by atoms with E-state index in [1.165, 1.54) is 11.1 Å². The first-order chi connectivity index (χ1) is 8.09. The van der Waals surface area contributed by atoms with E-state index in [-0.39, 0.29) is 5.60 Å². The second-order valence-electron chi connectivity index (χ2n) is 6.27. The molecule has 0 bridgehead atoms. The average Bonchev–Trinajstić information content (AvgIpc) is 2.16. The van der Waals surface area contributed by atoms with Gasteiger partial charge in [-0.3, -0.25) is 0 Å². The molecule has 0 saturated heterocycles. The summed E-state index contributed by atoms with van der Waals surface area (Å²) in [5, 5.41) is 0. The molecule has 0 aliphatic rings. The fourth-order valence-corrected chi connectivity index (χ4v) is 3.41. The van der Waals surface area contributed by atoms with Gasteiger partial charge in [0, 0.05) is 5.56 Å². The van der Waals surface area contributed by atoms with Crippen molar-refractivity contribution in [2.24, 2.45) is 0 Å². The molecule has 0 aromatic heterocycles. The molecule has 0 heterocycles. The quantitative estimate of drug-likeness (QED) is 0.569. The summed E-state index contributed by atoms with van der Waals surface area (Å²) in [6.07, 6.45) is 0. The average molecular weight is 260 g/mol. The molecule has 1 nitrogen and oxygen atoms in total. The Bertz CT molecular complexity index is 484. The van der Waals surface area contributed by atoms with Gasteiger partial charge in [0.2, 0.25) is 0 Å². The maximum Gasteiger partial charge on any atom is 0.185 e. The summed E-state index contributed by atoms with van der Waals surface area (Å²) < 4.78 is 6.07. The Morgan fingerprint density at radius 2 is 1.67 bits per heavy atom. The molecule has 1 aromatic rings. The third-order valence-electron chi connectivity index (χ3n) is 2.58. The van der Waals surface area contributed by atoms with Crippen LogP contribution in [0.3, 0.4) is 0 Å². The largest absolute Gasteiger partial charge is 0.402 e. The zero-order valence-electron chi connectivity index (χ0n) is 12.6. The lowest BCUT2D eigenvalue weighted by Crippen LogP contribution is -2.37. The number of rotatable bonds is 2. The SMILES string of the molecule is Cc1ccc(C#CC(C)(C)O[Si](C)(C)C)cc1C. The van der Waals surface area contributed by atoms with Gasteiger partial charge in [-0.05, 0) is 70.6 Å². The first-order valence-corrected chi connectivity index (χ1v) is 9.80. The highest BCUT2D eigenvalue weighted by atomic mass is 28.4. The Hall–Kier alpha value is -1.04. The number of hydrogen-bond donors (Lipinski definition) is 0. The molecule has 0 N–H and O–H groups in total. The second-order valence-corrected chi connectivity index (χ2v) is 10.7. The summed E-state index contributed by atoms with van der Waals surface area (Å²) in [6.45, 7) is 14.9. The molecule has 0 fully saturated rings. The normalized spacial score (nSPS) is 11.9. The summed E-state index contributed by atoms with van der Waals surface area (Å²) in [7, 11) is -1.55. The second kappa shape index (κ2) is 5.30. The van der Waals surface area contributed by atoms with Crippen LogP contribution in [0.15, 0.2) is 18.2 Å². The zero-order valence-corrected chi connectivity index (χ0v) is 13.6. The lowest BCUT2D eigenvalue weighted by Gasteiger charge is -2.28. The molecule has 1 rings (SSSR count). The van der Waals surface area contributed by atoms with Gasteiger partial charge in [-0.15, -0.1) is 0 Å². The Labute approximate surface area is 113 Å². The van der Waals surface area contributed by atoms with Gasteiger partial charge in [0.25, 0.3) is 0 Å². The fraction of sp³-hybridized carbons (Fsp3) is 0.500. The highest BCUT2D eigenvalue weighted by Gasteiger charge is 2.25. The standard InChI is InChI=1S/C16H24OSi/c1-13-8-9-15(12-14(13)2)10-11-16(3,4)17-18(5,6)7/h8-9,12H,1-7H3. The van der Waals surface area contributed by atoms with Crippen LogP contribution in [0.1, 0.15) is 30.5 Å². The lowest BCUT2D eigenvalue weighted by atomic mass is 10.1. The van der Waals surface area contributed by atoms with Crippen molar-refractivity contribution in [3.8, 4) is 11.8 Å². The van der Waals surface area contributed by atoms with Crippen LogP contribution in [0.4, 0.5) is 0 Å². The van der Waals surface area contributed by atoms with Crippen molar-refractivity contribution in [1.29, 1.82) is 0 Å². The van der Waals surface area contributed by atoms with Crippen LogP contribution in [0.2, 0.25) is 19.6 Å². The first-order valence-electron chi connectivity index (χ1n) is 6.40. The van der Waals surface area contributed by atoms with E-state index in [1.54, 1.807) is 0 Å². The molecule has 18 heavy (non-hydrogen) atoms. The van der Waals surface area contributed by atoms with Crippen molar-refractivity contribution in [3.63, 3.8) is 0 Å². The van der Waals surface area contributed by atoms with E-state index in [0.717, 1.165) is 5.56 Å². The number of benzene rings is 1. The van der Waals surface area contributed by atoms with Crippen molar-refractivity contribution >= 4 is 8.32 Å². The van der Waals surface area contributed by atoms with E-state index >= 15 is 0 Å². The first kappa shape index (κ1) is 15.0. The molecule has 0 aliphatic heterocycles. The Morgan fingerprint density at radius 1 is 1.06 bits per heavy atom. The van der Waals surface area contributed by atoms with Crippen LogP contribution in [0.25, 0.3) is 0 Å². The summed E-state index contributed by atoms with van der Waals surface area (Å²) in [6, 6.07) is 6.32. The third kappa shape index (κ3) is 5.08. The fourth-order valence-electron chi connectivity index (χ4n) is 1.83. The Balaban J connectivity index is 2.90. The molecule has 0 radical (unpaired) electrons. The van der Waals surface area contributed by atoms with Crippen molar-refractivity contribution < 1.29 is 4.43 Å². The van der Waals surface area contributed by atoms with Gasteiger partial charge in [-0.25, -0.2) is 0 Å². The van der Waals surface area contributed by atoms with Crippen LogP contribution >= 0.6 is 0 Å². The summed E-state index contributed by atoms with van der Waals surface area (Å²) in [5.41, 5.74) is 3.28. The topological polar surface area (TPSA) is 9.23 Å². The Kier molecular flexibility index (Phi) is 4.42. The molecular weight excluding hydrogens is 236 g/mol. The van der Waals surface area contributed by atoms with Gasteiger partial charge in [-0.1, -0.05) is 17.9 Å². The number of aryl methyl sites for hydroxylation is 2. The Morgan fingerprint density at radius 3 is 2.17 bits per heavy atom. The smallest absolute Gasteiger partial charge is 0.185 e. The van der Waals surface area contributed by atoms with Crippen molar-refractivity contribution in [3.05, 3.63) is 34.9 Å². The maximum atomic E-state index is 6.07. The van der Waals surface area contributed by atoms with E-state index in [1.807, 2.05) is 13.8 Å². The van der Waals surface area contributed by atoms with Crippen LogP contribution in [0, 0.1) is 25.7 Å². The van der Waals surface area contributed by atoms with Crippen LogP contribution in [-0.2, 0) is 4.43 Å². The van der Waals surface area contributed by atoms with E-state index < -0.39 is 8.32 Å². The van der Waals surface area contributed by atoms with Gasteiger partial charge < -0.3 is 4.43 Å². The minimum atomic E-state index is -1.55. The predicted octanol–water partition coefficient (Wildman–Crippen LogP) is 4.29. The molecule has 0 unspecified atom stereocenters. The van der Waals surface area contributed by atoms with Crippen LogP contribution in [0.5, 0.6) is 0 Å². The minimum absolute atomic E-state index is 0.372. The maximum absolute atomic E-state index is 6.07. The van der Waals surface area contributed by atoms with Crippen LogP contribution in [-0.4, -0.2) is 13.9 Å². The molecule has 1 aromatic carbocycles. The molecular formula is C16H24OSi. The zero-order chi connectivity index (χ0) is 14.0. The molecule has 2 heteroatoms. The summed E-state index contributed by atoms with van der Waals surface area (Å²) >= 11 is 0. The van der Waals surface area contributed by atoms with Crippen molar-refractivity contribution in [1.82, 2.24) is 0 Å². The van der Waals surface area contributed by atoms with E-state index in [0.29, 0.717) is 0 Å². The van der Waals surface area contributed by atoms with Gasteiger partial charge in [0.05, 0.1) is 0 Å². The molecule has 0 atom stereocenters. The highest BCUT2D eigenvalue weighted by molar-refractivity contribution is 6.69. The van der Waals surface area contributed by atoms with Gasteiger partial charge in [0.1, 0.15) is 5.60 Å². The predicted molar refractivity (Wildman–Crippen MR) is 81.3 cm³/mol. The molecule has 0 saturated carbocycles. The van der Waals surface area contributed by atoms with Gasteiger partial charge in [-0.2, -0.15) is 0 Å². The third-order valence-corrected chi connectivity index (χ3v) is 3.70. The summed E-state index contributed by atoms with van der Waals surface area (Å²) in [5.74, 6) is 6.46. The van der Waals surface area contributed by atoms with Crippen LogP contribution < -0.4 is 0 Å². The highest BCUT2D eigenvalue weighted by Crippen LogP contribution is 2.17. The molecule has 0 aliphatic carbocycles.